The maximum Gasteiger partial charge on any atom is 0.240 e. The molecule has 2 aromatic carbocycles. The molecule has 0 saturated carbocycles. The first-order valence-electron chi connectivity index (χ1n) is 8.12. The van der Waals surface area contributed by atoms with Gasteiger partial charge in [0, 0.05) is 23.6 Å². The quantitative estimate of drug-likeness (QED) is 0.710. The molecule has 0 saturated heterocycles. The summed E-state index contributed by atoms with van der Waals surface area (Å²) < 4.78 is 33.1. The molecule has 6 heteroatoms. The summed E-state index contributed by atoms with van der Waals surface area (Å²) in [5, 5.41) is 1.12. The van der Waals surface area contributed by atoms with Crippen molar-refractivity contribution in [2.24, 2.45) is 0 Å². The largest absolute Gasteiger partial charge is 0.496 e. The average molecular weight is 358 g/mol. The Hall–Kier alpha value is -2.31. The van der Waals surface area contributed by atoms with E-state index in [1.807, 2.05) is 44.3 Å². The third-order valence-electron chi connectivity index (χ3n) is 4.31. The summed E-state index contributed by atoms with van der Waals surface area (Å²) in [5.41, 5.74) is 3.76. The van der Waals surface area contributed by atoms with Gasteiger partial charge in [-0.1, -0.05) is 18.2 Å². The molecular weight excluding hydrogens is 336 g/mol. The second-order valence-corrected chi connectivity index (χ2v) is 7.86. The van der Waals surface area contributed by atoms with Gasteiger partial charge in [-0.3, -0.25) is 0 Å². The van der Waals surface area contributed by atoms with Crippen LogP contribution in [0, 0.1) is 13.8 Å². The smallest absolute Gasteiger partial charge is 0.240 e. The topological polar surface area (TPSA) is 71.2 Å². The Bertz CT molecular complexity index is 983. The van der Waals surface area contributed by atoms with Crippen LogP contribution in [0.5, 0.6) is 5.75 Å². The molecule has 1 aromatic heterocycles. The molecule has 0 amide bonds. The van der Waals surface area contributed by atoms with E-state index in [2.05, 4.69) is 9.71 Å². The van der Waals surface area contributed by atoms with Crippen molar-refractivity contribution in [1.29, 1.82) is 0 Å². The van der Waals surface area contributed by atoms with E-state index < -0.39 is 10.0 Å². The molecule has 0 aliphatic heterocycles. The number of hydrogen-bond donors (Lipinski definition) is 2. The molecule has 132 valence electrons. The lowest BCUT2D eigenvalue weighted by Gasteiger charge is -2.12. The molecule has 0 atom stereocenters. The molecule has 0 spiro atoms. The van der Waals surface area contributed by atoms with Crippen LogP contribution in [0.25, 0.3) is 10.9 Å². The number of aromatic nitrogens is 1. The first-order chi connectivity index (χ1) is 11.9. The number of ether oxygens (including phenoxy) is 1. The summed E-state index contributed by atoms with van der Waals surface area (Å²) in [6.45, 7) is 4.03. The molecule has 2 N–H and O–H groups in total. The predicted octanol–water partition coefficient (Wildman–Crippen LogP) is 3.31. The third kappa shape index (κ3) is 3.55. The Morgan fingerprint density at radius 2 is 1.80 bits per heavy atom. The minimum absolute atomic E-state index is 0.266. The van der Waals surface area contributed by atoms with Gasteiger partial charge >= 0.3 is 0 Å². The number of nitrogens with one attached hydrogen (secondary N) is 2. The van der Waals surface area contributed by atoms with Gasteiger partial charge in [-0.2, -0.15) is 0 Å². The van der Waals surface area contributed by atoms with E-state index in [0.717, 1.165) is 33.3 Å². The highest BCUT2D eigenvalue weighted by atomic mass is 32.2. The Labute approximate surface area is 148 Å². The normalized spacial score (nSPS) is 11.8. The van der Waals surface area contributed by atoms with Crippen molar-refractivity contribution in [1.82, 2.24) is 9.71 Å². The summed E-state index contributed by atoms with van der Waals surface area (Å²) in [6, 6.07) is 11.3. The molecule has 0 aliphatic carbocycles. The van der Waals surface area contributed by atoms with E-state index in [0.29, 0.717) is 13.0 Å². The fraction of sp³-hybridized carbons (Fsp3) is 0.263. The number of fused-ring (bicyclic) bond motifs is 1. The maximum absolute atomic E-state index is 12.6. The van der Waals surface area contributed by atoms with Crippen molar-refractivity contribution in [3.63, 3.8) is 0 Å². The molecule has 0 radical (unpaired) electrons. The molecule has 3 rings (SSSR count). The van der Waals surface area contributed by atoms with E-state index in [1.165, 1.54) is 0 Å². The van der Waals surface area contributed by atoms with Crippen molar-refractivity contribution in [2.45, 2.75) is 25.2 Å². The molecule has 25 heavy (non-hydrogen) atoms. The highest BCUT2D eigenvalue weighted by Crippen LogP contribution is 2.26. The summed E-state index contributed by atoms with van der Waals surface area (Å²) >= 11 is 0. The molecule has 0 bridgehead atoms. The lowest BCUT2D eigenvalue weighted by atomic mass is 10.1. The summed E-state index contributed by atoms with van der Waals surface area (Å²) in [4.78, 5) is 3.47. The van der Waals surface area contributed by atoms with E-state index in [1.54, 1.807) is 19.2 Å². The number of H-pyrrole nitrogens is 1. The minimum Gasteiger partial charge on any atom is -0.496 e. The zero-order valence-corrected chi connectivity index (χ0v) is 15.4. The fourth-order valence-electron chi connectivity index (χ4n) is 3.13. The Balaban J connectivity index is 1.74. The van der Waals surface area contributed by atoms with Crippen molar-refractivity contribution >= 4 is 20.9 Å². The lowest BCUT2D eigenvalue weighted by molar-refractivity contribution is 0.408. The number of para-hydroxylation sites is 1. The first-order valence-corrected chi connectivity index (χ1v) is 9.60. The Morgan fingerprint density at radius 3 is 2.48 bits per heavy atom. The predicted molar refractivity (Wildman–Crippen MR) is 99.7 cm³/mol. The van der Waals surface area contributed by atoms with Gasteiger partial charge in [0.05, 0.1) is 12.0 Å². The second kappa shape index (κ2) is 6.90. The third-order valence-corrected chi connectivity index (χ3v) is 5.75. The van der Waals surface area contributed by atoms with Crippen molar-refractivity contribution in [3.8, 4) is 5.75 Å². The average Bonchev–Trinajstić information content (AvgIpc) is 2.98. The Kier molecular flexibility index (Phi) is 4.83. The van der Waals surface area contributed by atoms with Crippen LogP contribution in [-0.4, -0.2) is 27.1 Å². The number of hydrogen-bond acceptors (Lipinski definition) is 3. The molecule has 1 heterocycles. The van der Waals surface area contributed by atoms with Gasteiger partial charge in [0.25, 0.3) is 0 Å². The first kappa shape index (κ1) is 17.5. The van der Waals surface area contributed by atoms with Gasteiger partial charge in [-0.05, 0) is 55.2 Å². The van der Waals surface area contributed by atoms with Crippen LogP contribution in [0.4, 0.5) is 0 Å². The van der Waals surface area contributed by atoms with Crippen LogP contribution in [0.3, 0.4) is 0 Å². The monoisotopic (exact) mass is 358 g/mol. The second-order valence-electron chi connectivity index (χ2n) is 6.10. The van der Waals surface area contributed by atoms with Gasteiger partial charge in [-0.15, -0.1) is 0 Å². The number of aromatic amines is 1. The minimum atomic E-state index is -3.55. The van der Waals surface area contributed by atoms with E-state index >= 15 is 0 Å². The summed E-state index contributed by atoms with van der Waals surface area (Å²) in [5.74, 6) is 0.720. The molecule has 5 nitrogen and oxygen atoms in total. The fourth-order valence-corrected chi connectivity index (χ4v) is 4.33. The summed E-state index contributed by atoms with van der Waals surface area (Å²) in [7, 11) is -1.97. The molecule has 0 fully saturated rings. The summed E-state index contributed by atoms with van der Waals surface area (Å²) in [6.07, 6.45) is 2.55. The van der Waals surface area contributed by atoms with E-state index in [4.69, 9.17) is 4.74 Å². The van der Waals surface area contributed by atoms with Crippen LogP contribution < -0.4 is 9.46 Å². The highest BCUT2D eigenvalue weighted by molar-refractivity contribution is 7.89. The van der Waals surface area contributed by atoms with Crippen LogP contribution in [0.1, 0.15) is 16.7 Å². The van der Waals surface area contributed by atoms with Crippen LogP contribution >= 0.6 is 0 Å². The van der Waals surface area contributed by atoms with Gasteiger partial charge < -0.3 is 9.72 Å². The SMILES string of the molecule is COc1c(C)cc(S(=O)(=O)NCCc2c[nH]c3ccccc23)cc1C. The van der Waals surface area contributed by atoms with Crippen LogP contribution in [0.2, 0.25) is 0 Å². The number of aryl methyl sites for hydroxylation is 2. The van der Waals surface area contributed by atoms with Gasteiger partial charge in [0.1, 0.15) is 5.75 Å². The number of methoxy groups -OCH3 is 1. The number of sulfonamides is 1. The zero-order chi connectivity index (χ0) is 18.0. The van der Waals surface area contributed by atoms with E-state index in [-0.39, 0.29) is 4.90 Å². The van der Waals surface area contributed by atoms with E-state index in [9.17, 15) is 8.42 Å². The van der Waals surface area contributed by atoms with Gasteiger partial charge in [-0.25, -0.2) is 13.1 Å². The van der Waals surface area contributed by atoms with Crippen molar-refractivity contribution in [2.75, 3.05) is 13.7 Å². The standard InChI is InChI=1S/C19H22N2O3S/c1-13-10-16(11-14(2)19(13)24-3)25(22,23)21-9-8-15-12-20-18-7-5-4-6-17(15)18/h4-7,10-12,20-21H,8-9H2,1-3H3. The maximum atomic E-state index is 12.6. The van der Waals surface area contributed by atoms with Gasteiger partial charge in [0.15, 0.2) is 0 Å². The highest BCUT2D eigenvalue weighted by Gasteiger charge is 2.17. The number of benzene rings is 2. The Morgan fingerprint density at radius 1 is 1.12 bits per heavy atom. The van der Waals surface area contributed by atoms with Crippen molar-refractivity contribution in [3.05, 3.63) is 59.3 Å². The van der Waals surface area contributed by atoms with Crippen LogP contribution in [-0.2, 0) is 16.4 Å². The lowest BCUT2D eigenvalue weighted by Crippen LogP contribution is -2.26. The van der Waals surface area contributed by atoms with Crippen molar-refractivity contribution < 1.29 is 13.2 Å². The molecule has 0 unspecified atom stereocenters. The number of rotatable bonds is 6. The molecule has 0 aliphatic rings. The van der Waals surface area contributed by atoms with Crippen LogP contribution in [0.15, 0.2) is 47.5 Å². The van der Waals surface area contributed by atoms with Gasteiger partial charge in [0.2, 0.25) is 10.0 Å². The molecule has 3 aromatic rings. The zero-order valence-electron chi connectivity index (χ0n) is 14.6. The molecular formula is C19H22N2O3S.